The average Bonchev–Trinajstić information content (AvgIpc) is 3.07. The first-order chi connectivity index (χ1) is 19.1. The number of carbonyl (C=O) groups excluding carboxylic acids is 1. The number of nitrogens with two attached hydrogens (primary N) is 1. The minimum Gasteiger partial charge on any atom is -0.481 e. The van der Waals surface area contributed by atoms with Crippen molar-refractivity contribution < 1.29 is 32.6 Å². The van der Waals surface area contributed by atoms with Crippen LogP contribution in [0.25, 0.3) is 0 Å². The van der Waals surface area contributed by atoms with Gasteiger partial charge in [-0.2, -0.15) is 23.1 Å². The van der Waals surface area contributed by atoms with Gasteiger partial charge in [0, 0.05) is 12.1 Å². The number of ether oxygens (including phenoxy) is 1. The number of amides is 1. The van der Waals surface area contributed by atoms with Crippen molar-refractivity contribution in [3.8, 4) is 5.88 Å². The Morgan fingerprint density at radius 1 is 1.10 bits per heavy atom. The van der Waals surface area contributed by atoms with E-state index in [-0.39, 0.29) is 54.4 Å². The number of aliphatic carboxylic acids is 1. The summed E-state index contributed by atoms with van der Waals surface area (Å²) in [6.45, 7) is 0.367. The number of rotatable bonds is 6. The molecule has 1 aliphatic carbocycles. The summed E-state index contributed by atoms with van der Waals surface area (Å²) in [6, 6.07) is 9.71. The molecule has 1 fully saturated rings. The number of nitrogens with zero attached hydrogens (tertiary/aromatic N) is 4. The zero-order valence-corrected chi connectivity index (χ0v) is 21.3. The second-order valence-electron chi connectivity index (χ2n) is 9.88. The number of pyridine rings is 1. The van der Waals surface area contributed by atoms with Gasteiger partial charge in [0.25, 0.3) is 5.91 Å². The van der Waals surface area contributed by atoms with Gasteiger partial charge >= 0.3 is 12.1 Å². The van der Waals surface area contributed by atoms with Gasteiger partial charge in [-0.15, -0.1) is 0 Å². The van der Waals surface area contributed by atoms with Crippen LogP contribution in [0.3, 0.4) is 0 Å². The lowest BCUT2D eigenvalue weighted by Crippen LogP contribution is -2.32. The topological polar surface area (TPSA) is 144 Å². The molecular formula is C27H27F3N6O4. The number of carboxylic acids is 1. The predicted molar refractivity (Wildman–Crippen MR) is 140 cm³/mol. The lowest BCUT2D eigenvalue weighted by molar-refractivity contribution is -0.141. The summed E-state index contributed by atoms with van der Waals surface area (Å²) in [5.41, 5.74) is 7.08. The van der Waals surface area contributed by atoms with E-state index in [1.54, 1.807) is 0 Å². The summed E-state index contributed by atoms with van der Waals surface area (Å²) in [5.74, 6) is -0.849. The van der Waals surface area contributed by atoms with E-state index >= 15 is 0 Å². The Kier molecular flexibility index (Phi) is 7.46. The summed E-state index contributed by atoms with van der Waals surface area (Å²) < 4.78 is 44.0. The molecular weight excluding hydrogens is 529 g/mol. The van der Waals surface area contributed by atoms with Crippen LogP contribution in [0.15, 0.2) is 42.6 Å². The summed E-state index contributed by atoms with van der Waals surface area (Å²) >= 11 is 0. The summed E-state index contributed by atoms with van der Waals surface area (Å²) in [7, 11) is 0. The van der Waals surface area contributed by atoms with Crippen molar-refractivity contribution in [2.45, 2.75) is 44.2 Å². The number of carboxylic acid groups (broad SMARTS) is 1. The molecule has 5 rings (SSSR count). The maximum atomic E-state index is 13.5. The number of nitrogen functional groups attached to an aromatic ring is 1. The van der Waals surface area contributed by atoms with E-state index in [1.807, 2.05) is 24.3 Å². The molecule has 1 aliphatic heterocycles. The van der Waals surface area contributed by atoms with Crippen LogP contribution in [0.1, 0.15) is 59.6 Å². The first-order valence-electron chi connectivity index (χ1n) is 12.8. The average molecular weight is 557 g/mol. The van der Waals surface area contributed by atoms with Crippen molar-refractivity contribution in [2.75, 3.05) is 29.1 Å². The molecule has 40 heavy (non-hydrogen) atoms. The zero-order chi connectivity index (χ0) is 28.4. The maximum Gasteiger partial charge on any atom is 0.433 e. The van der Waals surface area contributed by atoms with Gasteiger partial charge in [-0.25, -0.2) is 4.98 Å². The van der Waals surface area contributed by atoms with Crippen LogP contribution in [0.5, 0.6) is 5.88 Å². The van der Waals surface area contributed by atoms with Crippen LogP contribution >= 0.6 is 0 Å². The number of hydrogen-bond acceptors (Lipinski definition) is 8. The summed E-state index contributed by atoms with van der Waals surface area (Å²) in [5, 5.41) is 11.8. The Balaban J connectivity index is 1.29. The molecule has 0 spiro atoms. The minimum absolute atomic E-state index is 0.00516. The van der Waals surface area contributed by atoms with Gasteiger partial charge in [-0.1, -0.05) is 12.1 Å². The molecule has 13 heteroatoms. The fourth-order valence-electron chi connectivity index (χ4n) is 5.17. The second kappa shape index (κ2) is 11.0. The molecule has 1 aromatic carbocycles. The number of alkyl halides is 3. The van der Waals surface area contributed by atoms with E-state index in [1.165, 1.54) is 11.0 Å². The summed E-state index contributed by atoms with van der Waals surface area (Å²) in [6.07, 6.45) is 0.247. The van der Waals surface area contributed by atoms with Crippen LogP contribution in [-0.4, -0.2) is 45.1 Å². The van der Waals surface area contributed by atoms with Crippen molar-refractivity contribution in [2.24, 2.45) is 5.92 Å². The molecule has 1 saturated carbocycles. The smallest absolute Gasteiger partial charge is 0.433 e. The molecule has 4 N–H and O–H groups in total. The number of carbonyl (C=O) groups is 2. The van der Waals surface area contributed by atoms with Gasteiger partial charge in [0.05, 0.1) is 18.4 Å². The molecule has 0 unspecified atom stereocenters. The number of fused-ring (bicyclic) bond motifs is 1. The van der Waals surface area contributed by atoms with Gasteiger partial charge in [0.2, 0.25) is 11.8 Å². The molecule has 0 atom stereocenters. The van der Waals surface area contributed by atoms with Gasteiger partial charge in [0.1, 0.15) is 23.7 Å². The second-order valence-corrected chi connectivity index (χ2v) is 9.88. The Bertz CT molecular complexity index is 1390. The third-order valence-corrected chi connectivity index (χ3v) is 7.21. The first-order valence-corrected chi connectivity index (χ1v) is 12.8. The van der Waals surface area contributed by atoms with E-state index in [9.17, 15) is 22.8 Å². The Labute approximate surface area is 227 Å². The van der Waals surface area contributed by atoms with E-state index in [0.717, 1.165) is 43.5 Å². The quantitative estimate of drug-likeness (QED) is 0.382. The fourth-order valence-corrected chi connectivity index (χ4v) is 5.17. The van der Waals surface area contributed by atoms with Crippen LogP contribution in [0.2, 0.25) is 0 Å². The summed E-state index contributed by atoms with van der Waals surface area (Å²) in [4.78, 5) is 37.7. The molecule has 2 aliphatic rings. The van der Waals surface area contributed by atoms with Crippen LogP contribution in [0, 0.1) is 5.92 Å². The van der Waals surface area contributed by atoms with E-state index in [4.69, 9.17) is 15.6 Å². The molecule has 0 bridgehead atoms. The standard InChI is InChI=1S/C27H27F3N6O4/c28-27(29,30)20-10-7-18(14-32-20)33-26-34-23(31)22-24(35-26)40-12-11-36(25(22)39)19-8-5-17(6-9-19)16-3-1-15(2-4-16)13-21(37)38/h5-10,14-16H,1-4,11-13H2,(H,37,38)(H3,31,33,34,35)/t15-,16-. The van der Waals surface area contributed by atoms with Crippen LogP contribution in [-0.2, 0) is 11.0 Å². The number of halogens is 3. The van der Waals surface area contributed by atoms with Crippen molar-refractivity contribution in [1.29, 1.82) is 0 Å². The van der Waals surface area contributed by atoms with Crippen molar-refractivity contribution in [3.63, 3.8) is 0 Å². The minimum atomic E-state index is -4.56. The highest BCUT2D eigenvalue weighted by Gasteiger charge is 2.33. The Morgan fingerprint density at radius 2 is 1.82 bits per heavy atom. The van der Waals surface area contributed by atoms with Gasteiger partial charge < -0.3 is 25.8 Å². The molecule has 0 saturated heterocycles. The number of nitrogens with one attached hydrogen (secondary N) is 1. The number of anilines is 4. The molecule has 210 valence electrons. The predicted octanol–water partition coefficient (Wildman–Crippen LogP) is 5.00. The molecule has 3 aromatic rings. The molecule has 3 heterocycles. The van der Waals surface area contributed by atoms with Crippen LogP contribution in [0.4, 0.5) is 36.3 Å². The fraction of sp³-hybridized carbons (Fsp3) is 0.370. The maximum absolute atomic E-state index is 13.5. The van der Waals surface area contributed by atoms with Crippen molar-refractivity contribution in [3.05, 3.63) is 59.4 Å². The molecule has 2 aromatic heterocycles. The largest absolute Gasteiger partial charge is 0.481 e. The normalized spacial score (nSPS) is 19.4. The van der Waals surface area contributed by atoms with E-state index in [0.29, 0.717) is 11.6 Å². The van der Waals surface area contributed by atoms with Gasteiger partial charge in [-0.05, 0) is 67.3 Å². The molecule has 1 amide bonds. The Hall–Kier alpha value is -4.42. The third-order valence-electron chi connectivity index (χ3n) is 7.21. The Morgan fingerprint density at radius 3 is 2.45 bits per heavy atom. The highest BCUT2D eigenvalue weighted by atomic mass is 19.4. The lowest BCUT2D eigenvalue weighted by atomic mass is 9.77. The van der Waals surface area contributed by atoms with E-state index in [2.05, 4.69) is 20.3 Å². The number of hydrogen-bond donors (Lipinski definition) is 3. The SMILES string of the molecule is Nc1nc(Nc2ccc(C(F)(F)F)nc2)nc2c1C(=O)N(c1ccc([C@H]3CC[C@H](CC(=O)O)CC3)cc1)CCO2. The number of benzene rings is 1. The first kappa shape index (κ1) is 27.2. The lowest BCUT2D eigenvalue weighted by Gasteiger charge is -2.28. The monoisotopic (exact) mass is 556 g/mol. The highest BCUT2D eigenvalue weighted by molar-refractivity contribution is 6.10. The van der Waals surface area contributed by atoms with Gasteiger partial charge in [0.15, 0.2) is 0 Å². The molecule has 0 radical (unpaired) electrons. The van der Waals surface area contributed by atoms with Crippen molar-refractivity contribution >= 4 is 35.0 Å². The van der Waals surface area contributed by atoms with Crippen LogP contribution < -0.4 is 20.7 Å². The van der Waals surface area contributed by atoms with E-state index < -0.39 is 23.7 Å². The van der Waals surface area contributed by atoms with Gasteiger partial charge in [-0.3, -0.25) is 9.59 Å². The third kappa shape index (κ3) is 5.92. The zero-order valence-electron chi connectivity index (χ0n) is 21.3. The number of aromatic nitrogens is 3. The highest BCUT2D eigenvalue weighted by Crippen LogP contribution is 2.38. The van der Waals surface area contributed by atoms with Crippen molar-refractivity contribution in [1.82, 2.24) is 15.0 Å². The molecule has 10 nitrogen and oxygen atoms in total.